The van der Waals surface area contributed by atoms with Crippen LogP contribution in [0.3, 0.4) is 0 Å². The largest absolute Gasteiger partial charge is 0.345 e. The van der Waals surface area contributed by atoms with Gasteiger partial charge in [0.15, 0.2) is 0 Å². The van der Waals surface area contributed by atoms with Crippen molar-refractivity contribution in [3.8, 4) is 0 Å². The number of hydrogen-bond donors (Lipinski definition) is 2. The Kier molecular flexibility index (Phi) is 5.62. The number of nitrogens with one attached hydrogen (secondary N) is 1. The molecular formula is C16H29N3O2. The van der Waals surface area contributed by atoms with E-state index >= 15 is 0 Å². The summed E-state index contributed by atoms with van der Waals surface area (Å²) in [6.07, 6.45) is 8.91. The molecule has 1 saturated carbocycles. The van der Waals surface area contributed by atoms with Crippen molar-refractivity contribution >= 4 is 11.8 Å². The first-order valence-electron chi connectivity index (χ1n) is 8.37. The predicted molar refractivity (Wildman–Crippen MR) is 82.7 cm³/mol. The molecule has 1 atom stereocenters. The Morgan fingerprint density at radius 1 is 1.10 bits per heavy atom. The minimum atomic E-state index is -0.442. The fourth-order valence-corrected chi connectivity index (χ4v) is 3.49. The van der Waals surface area contributed by atoms with Crippen molar-refractivity contribution in [2.75, 3.05) is 13.1 Å². The van der Waals surface area contributed by atoms with E-state index in [2.05, 4.69) is 5.32 Å². The van der Waals surface area contributed by atoms with Gasteiger partial charge in [0, 0.05) is 25.0 Å². The van der Waals surface area contributed by atoms with E-state index in [1.165, 1.54) is 12.8 Å². The van der Waals surface area contributed by atoms with Crippen molar-refractivity contribution in [2.45, 2.75) is 76.3 Å². The number of carbonyl (C=O) groups excluding carboxylic acids is 2. The number of hydrogen-bond acceptors (Lipinski definition) is 3. The molecule has 5 heteroatoms. The van der Waals surface area contributed by atoms with Crippen molar-refractivity contribution in [1.29, 1.82) is 0 Å². The lowest BCUT2D eigenvalue weighted by atomic mass is 9.80. The first-order chi connectivity index (χ1) is 10.0. The molecule has 120 valence electrons. The Balaban J connectivity index is 1.79. The van der Waals surface area contributed by atoms with Gasteiger partial charge in [-0.15, -0.1) is 0 Å². The molecule has 1 saturated heterocycles. The lowest BCUT2D eigenvalue weighted by Crippen LogP contribution is -2.51. The Morgan fingerprint density at radius 2 is 1.67 bits per heavy atom. The highest BCUT2D eigenvalue weighted by Crippen LogP contribution is 2.28. The molecule has 2 amide bonds. The Hall–Kier alpha value is -1.10. The van der Waals surface area contributed by atoms with E-state index in [0.717, 1.165) is 51.6 Å². The predicted octanol–water partition coefficient (Wildman–Crippen LogP) is 1.56. The number of rotatable bonds is 4. The summed E-state index contributed by atoms with van der Waals surface area (Å²) in [6.45, 7) is 3.42. The van der Waals surface area contributed by atoms with Crippen LogP contribution < -0.4 is 11.1 Å². The second-order valence-electron chi connectivity index (χ2n) is 6.77. The zero-order valence-electron chi connectivity index (χ0n) is 13.2. The molecule has 21 heavy (non-hydrogen) atoms. The van der Waals surface area contributed by atoms with E-state index in [0.29, 0.717) is 6.42 Å². The summed E-state index contributed by atoms with van der Waals surface area (Å²) in [4.78, 5) is 26.3. The normalized spacial score (nSPS) is 23.4. The van der Waals surface area contributed by atoms with Gasteiger partial charge in [-0.05, 0) is 39.0 Å². The minimum Gasteiger partial charge on any atom is -0.345 e. The molecule has 0 spiro atoms. The maximum Gasteiger partial charge on any atom is 0.244 e. The Morgan fingerprint density at radius 3 is 2.29 bits per heavy atom. The summed E-state index contributed by atoms with van der Waals surface area (Å²) in [5.41, 5.74) is 5.93. The molecule has 0 aromatic heterocycles. The van der Waals surface area contributed by atoms with Crippen LogP contribution in [0.25, 0.3) is 0 Å². The molecule has 1 aliphatic heterocycles. The third-order valence-corrected chi connectivity index (χ3v) is 4.78. The molecular weight excluding hydrogens is 266 g/mol. The number of nitrogens with two attached hydrogens (primary N) is 1. The fourth-order valence-electron chi connectivity index (χ4n) is 3.49. The number of carbonyl (C=O) groups is 2. The van der Waals surface area contributed by atoms with Gasteiger partial charge in [0.1, 0.15) is 6.04 Å². The molecule has 1 aliphatic carbocycles. The van der Waals surface area contributed by atoms with Gasteiger partial charge in [-0.1, -0.05) is 19.3 Å². The van der Waals surface area contributed by atoms with Crippen molar-refractivity contribution in [2.24, 2.45) is 5.73 Å². The molecule has 2 aliphatic rings. The number of piperidine rings is 1. The zero-order chi connectivity index (χ0) is 15.3. The highest BCUT2D eigenvalue weighted by atomic mass is 16.2. The van der Waals surface area contributed by atoms with Gasteiger partial charge in [0.05, 0.1) is 0 Å². The molecule has 5 nitrogen and oxygen atoms in total. The van der Waals surface area contributed by atoms with E-state index < -0.39 is 6.04 Å². The van der Waals surface area contributed by atoms with Crippen LogP contribution in [0, 0.1) is 0 Å². The summed E-state index contributed by atoms with van der Waals surface area (Å²) in [5, 5.41) is 2.84. The van der Waals surface area contributed by atoms with E-state index in [4.69, 9.17) is 5.73 Å². The minimum absolute atomic E-state index is 0.0396. The molecule has 0 radical (unpaired) electrons. The molecule has 1 heterocycles. The number of likely N-dealkylation sites (tertiary alicyclic amines) is 1. The summed E-state index contributed by atoms with van der Waals surface area (Å²) < 4.78 is 0. The van der Waals surface area contributed by atoms with Gasteiger partial charge in [-0.2, -0.15) is 0 Å². The Labute approximate surface area is 127 Å². The van der Waals surface area contributed by atoms with Gasteiger partial charge in [0.2, 0.25) is 11.8 Å². The van der Waals surface area contributed by atoms with E-state index in [9.17, 15) is 9.59 Å². The summed E-state index contributed by atoms with van der Waals surface area (Å²) in [5.74, 6) is -0.0463. The maximum atomic E-state index is 12.3. The van der Waals surface area contributed by atoms with Crippen LogP contribution >= 0.6 is 0 Å². The van der Waals surface area contributed by atoms with Crippen molar-refractivity contribution in [3.05, 3.63) is 0 Å². The highest BCUT2D eigenvalue weighted by molar-refractivity contribution is 5.87. The first-order valence-corrected chi connectivity index (χ1v) is 8.37. The first kappa shape index (κ1) is 16.3. The second-order valence-corrected chi connectivity index (χ2v) is 6.77. The van der Waals surface area contributed by atoms with Crippen LogP contribution in [0.2, 0.25) is 0 Å². The van der Waals surface area contributed by atoms with Crippen LogP contribution in [0.1, 0.15) is 64.7 Å². The summed E-state index contributed by atoms with van der Waals surface area (Å²) >= 11 is 0. The molecule has 0 aromatic rings. The van der Waals surface area contributed by atoms with Crippen molar-refractivity contribution in [1.82, 2.24) is 10.2 Å². The van der Waals surface area contributed by atoms with Crippen molar-refractivity contribution < 1.29 is 9.59 Å². The monoisotopic (exact) mass is 295 g/mol. The van der Waals surface area contributed by atoms with Crippen LogP contribution in [0.5, 0.6) is 0 Å². The average molecular weight is 295 g/mol. The lowest BCUT2D eigenvalue weighted by molar-refractivity contribution is -0.137. The SMILES string of the molecule is CC(NC(=O)CC1(N)CCCCC1)C(=O)N1CCCCC1. The fraction of sp³-hybridized carbons (Fsp3) is 0.875. The van der Waals surface area contributed by atoms with Crippen LogP contribution in [-0.4, -0.2) is 41.4 Å². The van der Waals surface area contributed by atoms with Crippen molar-refractivity contribution in [3.63, 3.8) is 0 Å². The summed E-state index contributed by atoms with van der Waals surface area (Å²) in [7, 11) is 0. The van der Waals surface area contributed by atoms with Crippen LogP contribution in [-0.2, 0) is 9.59 Å². The van der Waals surface area contributed by atoms with Gasteiger partial charge < -0.3 is 16.0 Å². The quantitative estimate of drug-likeness (QED) is 0.826. The molecule has 0 aromatic carbocycles. The topological polar surface area (TPSA) is 75.4 Å². The average Bonchev–Trinajstić information content (AvgIpc) is 2.47. The summed E-state index contributed by atoms with van der Waals surface area (Å²) in [6, 6.07) is -0.442. The molecule has 0 bridgehead atoms. The zero-order valence-corrected chi connectivity index (χ0v) is 13.2. The van der Waals surface area contributed by atoms with Gasteiger partial charge in [-0.3, -0.25) is 9.59 Å². The molecule has 3 N–H and O–H groups in total. The number of amides is 2. The van der Waals surface area contributed by atoms with Gasteiger partial charge in [-0.25, -0.2) is 0 Å². The molecule has 2 fully saturated rings. The van der Waals surface area contributed by atoms with Crippen LogP contribution in [0.4, 0.5) is 0 Å². The Bertz CT molecular complexity index is 372. The lowest BCUT2D eigenvalue weighted by Gasteiger charge is -2.33. The smallest absolute Gasteiger partial charge is 0.244 e. The van der Waals surface area contributed by atoms with E-state index in [-0.39, 0.29) is 17.4 Å². The highest BCUT2D eigenvalue weighted by Gasteiger charge is 2.31. The third kappa shape index (κ3) is 4.70. The number of nitrogens with zero attached hydrogens (tertiary/aromatic N) is 1. The molecule has 2 rings (SSSR count). The van der Waals surface area contributed by atoms with Crippen LogP contribution in [0.15, 0.2) is 0 Å². The second kappa shape index (κ2) is 7.25. The standard InChI is InChI=1S/C16H29N3O2/c1-13(15(21)19-10-6-3-7-11-19)18-14(20)12-16(17)8-4-2-5-9-16/h13H,2-12,17H2,1H3,(H,18,20). The van der Waals surface area contributed by atoms with Gasteiger partial charge >= 0.3 is 0 Å². The molecule has 1 unspecified atom stereocenters. The van der Waals surface area contributed by atoms with E-state index in [1.54, 1.807) is 6.92 Å². The maximum absolute atomic E-state index is 12.3. The van der Waals surface area contributed by atoms with Gasteiger partial charge in [0.25, 0.3) is 0 Å². The van der Waals surface area contributed by atoms with E-state index in [1.807, 2.05) is 4.90 Å². The third-order valence-electron chi connectivity index (χ3n) is 4.78.